The summed E-state index contributed by atoms with van der Waals surface area (Å²) in [5, 5.41) is 8.44. The standard InChI is InChI=1S/C15H24N2O2.C13H14Cl2N2O4.C11H24N2O3/c1-5-6-9-12-17(13-10-7-8-11-16-13)14(18)19-15(2,3)4;1-21-13(20)5-11(17-12(19)6-16-7-18)8-2-9(14)4-10(15)3-8;1-2-3-6-13-11(14)4-7-15-9-10-16-8-5-12/h7-8,10-11H,5-6,9,12H2,1-4H3;2-4,7,11H,5-6H2,1H3,(H,16,18)(H,17,19);2-10,12H2,1H3,(H,13,14). The summed E-state index contributed by atoms with van der Waals surface area (Å²) in [4.78, 5) is 62.6. The van der Waals surface area contributed by atoms with Crippen LogP contribution in [0.3, 0.4) is 0 Å². The van der Waals surface area contributed by atoms with Crippen LogP contribution in [0.2, 0.25) is 10.0 Å². The van der Waals surface area contributed by atoms with E-state index in [1.165, 1.54) is 13.2 Å². The van der Waals surface area contributed by atoms with Crippen LogP contribution in [-0.4, -0.2) is 101 Å². The predicted molar refractivity (Wildman–Crippen MR) is 219 cm³/mol. The number of nitrogens with zero attached hydrogens (tertiary/aromatic N) is 2. The molecule has 0 aliphatic carbocycles. The Bertz CT molecular complexity index is 1380. The highest BCUT2D eigenvalue weighted by molar-refractivity contribution is 6.34. The zero-order valence-electron chi connectivity index (χ0n) is 33.7. The molecule has 0 saturated carbocycles. The fourth-order valence-electron chi connectivity index (χ4n) is 4.37. The average molecular weight is 830 g/mol. The number of carbonyl (C=O) groups is 5. The van der Waals surface area contributed by atoms with Gasteiger partial charge in [-0.2, -0.15) is 0 Å². The minimum atomic E-state index is -0.658. The second-order valence-corrected chi connectivity index (χ2v) is 14.0. The number of aromatic nitrogens is 1. The lowest BCUT2D eigenvalue weighted by Crippen LogP contribution is -2.38. The van der Waals surface area contributed by atoms with Gasteiger partial charge in [-0.05, 0) is 69.5 Å². The Morgan fingerprint density at radius 1 is 0.929 bits per heavy atom. The molecule has 1 aromatic carbocycles. The third-order valence-electron chi connectivity index (χ3n) is 7.05. The van der Waals surface area contributed by atoms with Crippen LogP contribution in [-0.2, 0) is 38.1 Å². The zero-order valence-corrected chi connectivity index (χ0v) is 35.2. The van der Waals surface area contributed by atoms with E-state index in [0.717, 1.165) is 38.6 Å². The number of methoxy groups -OCH3 is 1. The highest BCUT2D eigenvalue weighted by Crippen LogP contribution is 2.26. The zero-order chi connectivity index (χ0) is 42.2. The van der Waals surface area contributed by atoms with Gasteiger partial charge in [-0.25, -0.2) is 9.78 Å². The quantitative estimate of drug-likeness (QED) is 0.0603. The van der Waals surface area contributed by atoms with Crippen LogP contribution in [0.5, 0.6) is 0 Å². The fraction of sp³-hybridized carbons (Fsp3) is 0.590. The molecule has 0 fully saturated rings. The third-order valence-corrected chi connectivity index (χ3v) is 7.49. The molecule has 56 heavy (non-hydrogen) atoms. The van der Waals surface area contributed by atoms with Gasteiger partial charge in [0.15, 0.2) is 0 Å². The molecule has 4 amide bonds. The van der Waals surface area contributed by atoms with E-state index in [0.29, 0.717) is 73.8 Å². The van der Waals surface area contributed by atoms with Crippen molar-refractivity contribution in [2.75, 3.05) is 64.6 Å². The van der Waals surface area contributed by atoms with Crippen molar-refractivity contribution in [2.24, 2.45) is 5.73 Å². The number of pyridine rings is 1. The van der Waals surface area contributed by atoms with E-state index in [1.54, 1.807) is 23.2 Å². The lowest BCUT2D eigenvalue weighted by molar-refractivity contribution is -0.141. The predicted octanol–water partition coefficient (Wildman–Crippen LogP) is 5.76. The minimum absolute atomic E-state index is 0.0522. The lowest BCUT2D eigenvalue weighted by atomic mass is 10.0. The molecule has 316 valence electrons. The fourth-order valence-corrected chi connectivity index (χ4v) is 4.91. The molecule has 2 aromatic rings. The van der Waals surface area contributed by atoms with E-state index < -0.39 is 23.5 Å². The van der Waals surface area contributed by atoms with Crippen molar-refractivity contribution in [1.82, 2.24) is 20.9 Å². The molecule has 0 aliphatic rings. The topological polar surface area (TPSA) is 201 Å². The molecule has 17 heteroatoms. The normalized spacial score (nSPS) is 11.0. The summed E-state index contributed by atoms with van der Waals surface area (Å²) in [6.07, 6.45) is 7.37. The number of hydrogen-bond acceptors (Lipinski definition) is 11. The van der Waals surface area contributed by atoms with Gasteiger partial charge in [0.1, 0.15) is 11.4 Å². The Balaban J connectivity index is 0.000000819. The number of hydrogen-bond donors (Lipinski definition) is 4. The molecule has 1 atom stereocenters. The van der Waals surface area contributed by atoms with Crippen molar-refractivity contribution in [2.45, 2.75) is 91.2 Å². The Kier molecular flexibility index (Phi) is 29.8. The SMILES string of the molecule is CCCCCN(C(=O)OC(C)(C)C)c1ccccn1.CCCCNC(=O)CCOCCOCCN.COC(=O)CC(NC(=O)CNC=O)c1cc(Cl)cc(Cl)c1. The van der Waals surface area contributed by atoms with Gasteiger partial charge in [0.05, 0.1) is 52.5 Å². The number of rotatable bonds is 23. The molecule has 15 nitrogen and oxygen atoms in total. The van der Waals surface area contributed by atoms with Crippen molar-refractivity contribution in [3.05, 3.63) is 58.2 Å². The van der Waals surface area contributed by atoms with Crippen molar-refractivity contribution in [3.63, 3.8) is 0 Å². The summed E-state index contributed by atoms with van der Waals surface area (Å²) >= 11 is 11.8. The smallest absolute Gasteiger partial charge is 0.416 e. The number of anilines is 1. The minimum Gasteiger partial charge on any atom is -0.469 e. The summed E-state index contributed by atoms with van der Waals surface area (Å²) in [5.74, 6) is -0.254. The largest absolute Gasteiger partial charge is 0.469 e. The van der Waals surface area contributed by atoms with Crippen LogP contribution in [0.4, 0.5) is 10.6 Å². The molecule has 1 unspecified atom stereocenters. The molecule has 0 spiro atoms. The van der Waals surface area contributed by atoms with Crippen molar-refractivity contribution in [3.8, 4) is 0 Å². The number of nitrogens with one attached hydrogen (secondary N) is 3. The Hall–Kier alpha value is -4.02. The van der Waals surface area contributed by atoms with E-state index in [-0.39, 0.29) is 25.0 Å². The third kappa shape index (κ3) is 27.5. The van der Waals surface area contributed by atoms with E-state index >= 15 is 0 Å². The number of nitrogens with two attached hydrogens (primary N) is 1. The first-order chi connectivity index (χ1) is 26.7. The lowest BCUT2D eigenvalue weighted by Gasteiger charge is -2.26. The molecular weight excluding hydrogens is 767 g/mol. The van der Waals surface area contributed by atoms with Gasteiger partial charge in [-0.1, -0.05) is 62.4 Å². The summed E-state index contributed by atoms with van der Waals surface area (Å²) in [5.41, 5.74) is 5.32. The van der Waals surface area contributed by atoms with Gasteiger partial charge in [0.2, 0.25) is 18.2 Å². The van der Waals surface area contributed by atoms with Gasteiger partial charge < -0.3 is 40.6 Å². The highest BCUT2D eigenvalue weighted by Gasteiger charge is 2.24. The van der Waals surface area contributed by atoms with Gasteiger partial charge >= 0.3 is 12.1 Å². The molecule has 0 aliphatic heterocycles. The summed E-state index contributed by atoms with van der Waals surface area (Å²) in [6, 6.07) is 9.60. The number of carbonyl (C=O) groups excluding carboxylic acids is 5. The first kappa shape index (κ1) is 52.0. The molecule has 5 N–H and O–H groups in total. The maximum Gasteiger partial charge on any atom is 0.416 e. The van der Waals surface area contributed by atoms with Crippen LogP contribution in [0.15, 0.2) is 42.6 Å². The summed E-state index contributed by atoms with van der Waals surface area (Å²) in [6.45, 7) is 13.6. The van der Waals surface area contributed by atoms with Crippen LogP contribution < -0.4 is 26.6 Å². The van der Waals surface area contributed by atoms with Gasteiger partial charge in [-0.15, -0.1) is 0 Å². The van der Waals surface area contributed by atoms with Crippen LogP contribution in [0.1, 0.15) is 91.2 Å². The number of ether oxygens (including phenoxy) is 4. The first-order valence-corrected chi connectivity index (χ1v) is 19.5. The molecule has 1 aromatic heterocycles. The van der Waals surface area contributed by atoms with Crippen molar-refractivity contribution >= 4 is 59.3 Å². The van der Waals surface area contributed by atoms with Gasteiger partial charge in [-0.3, -0.25) is 24.1 Å². The molecule has 0 bridgehead atoms. The summed E-state index contributed by atoms with van der Waals surface area (Å²) in [7, 11) is 1.25. The molecule has 0 saturated heterocycles. The van der Waals surface area contributed by atoms with E-state index in [9.17, 15) is 24.0 Å². The van der Waals surface area contributed by atoms with E-state index in [2.05, 4.69) is 39.5 Å². The van der Waals surface area contributed by atoms with Crippen LogP contribution in [0, 0.1) is 0 Å². The second kappa shape index (κ2) is 32.1. The number of benzene rings is 1. The van der Waals surface area contributed by atoms with Crippen LogP contribution in [0.25, 0.3) is 0 Å². The number of halogens is 2. The van der Waals surface area contributed by atoms with E-state index in [1.807, 2.05) is 39.0 Å². The first-order valence-electron chi connectivity index (χ1n) is 18.7. The Morgan fingerprint density at radius 3 is 2.14 bits per heavy atom. The van der Waals surface area contributed by atoms with Gasteiger partial charge in [0, 0.05) is 42.3 Å². The Labute approximate surface area is 342 Å². The monoisotopic (exact) mass is 828 g/mol. The molecular formula is C39H62Cl2N6O9. The number of esters is 1. The van der Waals surface area contributed by atoms with Gasteiger partial charge in [0.25, 0.3) is 0 Å². The van der Waals surface area contributed by atoms with Crippen molar-refractivity contribution in [1.29, 1.82) is 0 Å². The average Bonchev–Trinajstić information content (AvgIpc) is 3.15. The van der Waals surface area contributed by atoms with Crippen molar-refractivity contribution < 1.29 is 42.9 Å². The number of amides is 4. The maximum atomic E-state index is 12.2. The maximum absolute atomic E-state index is 12.2. The molecule has 2 rings (SSSR count). The van der Waals surface area contributed by atoms with Crippen LogP contribution >= 0.6 is 23.2 Å². The highest BCUT2D eigenvalue weighted by atomic mass is 35.5. The number of unbranched alkanes of at least 4 members (excludes halogenated alkanes) is 3. The molecule has 0 radical (unpaired) electrons. The summed E-state index contributed by atoms with van der Waals surface area (Å²) < 4.78 is 20.4. The molecule has 1 heterocycles. The van der Waals surface area contributed by atoms with E-state index in [4.69, 9.17) is 43.1 Å². The second-order valence-electron chi connectivity index (χ2n) is 13.1. The Morgan fingerprint density at radius 2 is 1.59 bits per heavy atom.